The van der Waals surface area contributed by atoms with Gasteiger partial charge in [0.2, 0.25) is 5.91 Å². The molecule has 0 spiro atoms. The zero-order valence-electron chi connectivity index (χ0n) is 47.3. The molecule has 0 heterocycles. The third kappa shape index (κ3) is 55.1. The molecule has 1 amide bonds. The van der Waals surface area contributed by atoms with Gasteiger partial charge in [-0.05, 0) is 12.8 Å². The number of carbonyl (C=O) groups excluding carboxylic acids is 1. The van der Waals surface area contributed by atoms with Gasteiger partial charge in [0.15, 0.2) is 0 Å². The van der Waals surface area contributed by atoms with E-state index in [1.165, 1.54) is 263 Å². The lowest BCUT2D eigenvalue weighted by Gasteiger charge is -2.30. The molecule has 9 heteroatoms. The Kier molecular flexibility index (Phi) is 52.0. The lowest BCUT2D eigenvalue weighted by Crippen LogP contribution is -2.46. The van der Waals surface area contributed by atoms with Gasteiger partial charge >= 0.3 is 0 Å². The zero-order chi connectivity index (χ0) is 50.6. The van der Waals surface area contributed by atoms with Crippen LogP contribution in [0.1, 0.15) is 328 Å². The monoisotopic (exact) mass is 999 g/mol. The summed E-state index contributed by atoms with van der Waals surface area (Å²) in [6.45, 7) is 4.79. The SMILES string of the molecule is CCCCCCCCCCCCCCCCCCCCCCCCCCC(=O)NC(COP(=O)([O-])OCC[N+](C)(C)C)C(O)CCCCCCCCCCCCCCCCCCCCCCCCC. The van der Waals surface area contributed by atoms with Crippen LogP contribution >= 0.6 is 7.82 Å². The van der Waals surface area contributed by atoms with Crippen molar-refractivity contribution in [2.45, 2.75) is 341 Å². The Morgan fingerprint density at radius 1 is 0.449 bits per heavy atom. The average Bonchev–Trinajstić information content (AvgIpc) is 3.31. The first kappa shape index (κ1) is 68.5. The van der Waals surface area contributed by atoms with E-state index in [-0.39, 0.29) is 19.1 Å². The van der Waals surface area contributed by atoms with Crippen molar-refractivity contribution >= 4 is 13.7 Å². The molecule has 414 valence electrons. The zero-order valence-corrected chi connectivity index (χ0v) is 48.2. The molecule has 0 radical (unpaired) electrons. The Morgan fingerprint density at radius 2 is 0.710 bits per heavy atom. The van der Waals surface area contributed by atoms with Crippen LogP contribution in [0.4, 0.5) is 0 Å². The molecular weight excluding hydrogens is 876 g/mol. The largest absolute Gasteiger partial charge is 0.756 e. The summed E-state index contributed by atoms with van der Waals surface area (Å²) in [6, 6.07) is -0.796. The van der Waals surface area contributed by atoms with Crippen LogP contribution in [0.2, 0.25) is 0 Å². The fourth-order valence-corrected chi connectivity index (χ4v) is 10.5. The summed E-state index contributed by atoms with van der Waals surface area (Å²) in [7, 11) is 1.33. The van der Waals surface area contributed by atoms with Gasteiger partial charge in [-0.3, -0.25) is 9.36 Å². The Labute approximate surface area is 431 Å². The Morgan fingerprint density at radius 3 is 0.986 bits per heavy atom. The first-order chi connectivity index (χ1) is 33.5. The van der Waals surface area contributed by atoms with Crippen LogP contribution in [-0.2, 0) is 18.4 Å². The van der Waals surface area contributed by atoms with Crippen LogP contribution in [0, 0.1) is 0 Å². The molecule has 0 aromatic rings. The van der Waals surface area contributed by atoms with Crippen molar-refractivity contribution in [1.82, 2.24) is 5.32 Å². The van der Waals surface area contributed by atoms with E-state index < -0.39 is 20.0 Å². The quantitative estimate of drug-likeness (QED) is 0.0357. The van der Waals surface area contributed by atoms with E-state index in [1.807, 2.05) is 21.1 Å². The van der Waals surface area contributed by atoms with E-state index in [1.54, 1.807) is 0 Å². The van der Waals surface area contributed by atoms with E-state index in [0.717, 1.165) is 38.5 Å². The minimum Gasteiger partial charge on any atom is -0.756 e. The van der Waals surface area contributed by atoms with Crippen LogP contribution in [0.5, 0.6) is 0 Å². The number of aliphatic hydroxyl groups excluding tert-OH is 1. The first-order valence-corrected chi connectivity index (χ1v) is 32.3. The van der Waals surface area contributed by atoms with Gasteiger partial charge in [0.1, 0.15) is 13.2 Å². The number of rotatable bonds is 58. The van der Waals surface area contributed by atoms with E-state index >= 15 is 0 Å². The second-order valence-corrected chi connectivity index (χ2v) is 24.2. The molecule has 0 saturated heterocycles. The van der Waals surface area contributed by atoms with Crippen molar-refractivity contribution in [1.29, 1.82) is 0 Å². The number of quaternary nitrogens is 1. The predicted molar refractivity (Wildman–Crippen MR) is 298 cm³/mol. The Balaban J connectivity index is 4.08. The van der Waals surface area contributed by atoms with Gasteiger partial charge in [0, 0.05) is 6.42 Å². The number of unbranched alkanes of at least 4 members (excludes halogenated alkanes) is 45. The lowest BCUT2D eigenvalue weighted by atomic mass is 10.0. The molecule has 0 rings (SSSR count). The van der Waals surface area contributed by atoms with E-state index in [2.05, 4.69) is 19.2 Å². The number of hydrogen-bond acceptors (Lipinski definition) is 6. The van der Waals surface area contributed by atoms with Crippen molar-refractivity contribution in [2.24, 2.45) is 0 Å². The normalized spacial score (nSPS) is 13.8. The van der Waals surface area contributed by atoms with Gasteiger partial charge < -0.3 is 28.8 Å². The van der Waals surface area contributed by atoms with Crippen molar-refractivity contribution in [3.05, 3.63) is 0 Å². The van der Waals surface area contributed by atoms with E-state index in [9.17, 15) is 19.4 Å². The highest BCUT2D eigenvalue weighted by Gasteiger charge is 2.24. The highest BCUT2D eigenvalue weighted by Crippen LogP contribution is 2.38. The number of amides is 1. The number of aliphatic hydroxyl groups is 1. The fourth-order valence-electron chi connectivity index (χ4n) is 9.75. The molecule has 2 N–H and O–H groups in total. The minimum atomic E-state index is -4.57. The Bertz CT molecular complexity index is 1090. The summed E-state index contributed by atoms with van der Waals surface area (Å²) in [4.78, 5) is 25.6. The van der Waals surface area contributed by atoms with Gasteiger partial charge in [-0.2, -0.15) is 0 Å². The molecule has 0 aliphatic rings. The standard InChI is InChI=1S/C60H123N2O6P/c1-6-8-10-12-14-16-18-20-22-24-26-28-30-32-34-36-38-40-42-44-46-48-50-52-54-60(64)61-58(57-68-69(65,66)67-56-55-62(3,4)5)59(63)53-51-49-47-45-43-41-39-37-35-33-31-29-27-25-23-21-19-17-15-13-11-9-7-2/h58-59,63H,6-57H2,1-5H3,(H-,61,64,65,66). The Hall–Kier alpha value is -0.500. The van der Waals surface area contributed by atoms with Gasteiger partial charge in [-0.25, -0.2) is 0 Å². The molecule has 0 aromatic carbocycles. The van der Waals surface area contributed by atoms with E-state index in [4.69, 9.17) is 9.05 Å². The molecule has 0 aliphatic carbocycles. The minimum absolute atomic E-state index is 0.0168. The fraction of sp³-hybridized carbons (Fsp3) is 0.983. The maximum absolute atomic E-state index is 13.0. The maximum atomic E-state index is 13.0. The third-order valence-electron chi connectivity index (χ3n) is 14.6. The number of nitrogens with one attached hydrogen (secondary N) is 1. The van der Waals surface area contributed by atoms with Crippen LogP contribution < -0.4 is 10.2 Å². The molecule has 3 atom stereocenters. The van der Waals surface area contributed by atoms with Crippen LogP contribution in [0.15, 0.2) is 0 Å². The first-order valence-electron chi connectivity index (χ1n) is 30.9. The van der Waals surface area contributed by atoms with Crippen molar-refractivity contribution < 1.29 is 32.9 Å². The molecule has 0 aromatic heterocycles. The van der Waals surface area contributed by atoms with Gasteiger partial charge in [0.25, 0.3) is 7.82 Å². The summed E-state index contributed by atoms with van der Waals surface area (Å²) in [5.74, 6) is -0.155. The molecule has 0 saturated carbocycles. The summed E-state index contributed by atoms with van der Waals surface area (Å²) in [6.07, 6.45) is 62.9. The molecule has 69 heavy (non-hydrogen) atoms. The number of phosphoric ester groups is 1. The average molecular weight is 1000 g/mol. The highest BCUT2D eigenvalue weighted by molar-refractivity contribution is 7.45. The molecule has 0 aliphatic heterocycles. The third-order valence-corrected chi connectivity index (χ3v) is 15.6. The van der Waals surface area contributed by atoms with Crippen LogP contribution in [-0.4, -0.2) is 68.5 Å². The summed E-state index contributed by atoms with van der Waals surface area (Å²) < 4.78 is 23.5. The molecule has 0 bridgehead atoms. The number of nitrogens with zero attached hydrogens (tertiary/aromatic N) is 1. The van der Waals surface area contributed by atoms with Crippen molar-refractivity contribution in [2.75, 3.05) is 40.9 Å². The van der Waals surface area contributed by atoms with Gasteiger partial charge in [-0.1, -0.05) is 309 Å². The van der Waals surface area contributed by atoms with Crippen molar-refractivity contribution in [3.8, 4) is 0 Å². The highest BCUT2D eigenvalue weighted by atomic mass is 31.2. The molecule has 0 fully saturated rings. The lowest BCUT2D eigenvalue weighted by molar-refractivity contribution is -0.870. The van der Waals surface area contributed by atoms with Gasteiger partial charge in [-0.15, -0.1) is 0 Å². The molecule has 3 unspecified atom stereocenters. The number of likely N-dealkylation sites (N-methyl/N-ethyl adjacent to an activating group) is 1. The second-order valence-electron chi connectivity index (χ2n) is 22.8. The summed E-state index contributed by atoms with van der Waals surface area (Å²) in [5, 5.41) is 14.1. The summed E-state index contributed by atoms with van der Waals surface area (Å²) >= 11 is 0. The van der Waals surface area contributed by atoms with Gasteiger partial charge in [0.05, 0.1) is 39.9 Å². The van der Waals surface area contributed by atoms with Crippen LogP contribution in [0.3, 0.4) is 0 Å². The number of hydrogen-bond donors (Lipinski definition) is 2. The maximum Gasteiger partial charge on any atom is 0.268 e. The molecular formula is C60H123N2O6P. The topological polar surface area (TPSA) is 108 Å². The second kappa shape index (κ2) is 52.4. The van der Waals surface area contributed by atoms with Crippen molar-refractivity contribution in [3.63, 3.8) is 0 Å². The van der Waals surface area contributed by atoms with Crippen LogP contribution in [0.25, 0.3) is 0 Å². The predicted octanol–water partition coefficient (Wildman–Crippen LogP) is 18.2. The van der Waals surface area contributed by atoms with E-state index in [0.29, 0.717) is 23.9 Å². The summed E-state index contributed by atoms with van der Waals surface area (Å²) in [5.41, 5.74) is 0. The smallest absolute Gasteiger partial charge is 0.268 e. The number of phosphoric acid groups is 1. The number of carbonyl (C=O) groups is 1. The molecule has 8 nitrogen and oxygen atoms in total.